The molecule has 2 heterocycles. The number of hydrogen-bond donors (Lipinski definition) is 1. The largest absolute Gasteiger partial charge is 0.487 e. The van der Waals surface area contributed by atoms with Crippen molar-refractivity contribution < 1.29 is 19.4 Å². The minimum Gasteiger partial charge on any atom is -0.487 e. The first kappa shape index (κ1) is 18.9. The number of pyridine rings is 1. The number of likely N-dealkylation sites (tertiary alicyclic amines) is 1. The van der Waals surface area contributed by atoms with E-state index < -0.39 is 12.0 Å². The first-order valence-corrected chi connectivity index (χ1v) is 9.12. The summed E-state index contributed by atoms with van der Waals surface area (Å²) in [4.78, 5) is 30.1. The van der Waals surface area contributed by atoms with Crippen LogP contribution in [-0.2, 0) is 11.4 Å². The molecule has 1 aromatic heterocycles. The van der Waals surface area contributed by atoms with Crippen LogP contribution in [0.2, 0.25) is 0 Å². The zero-order valence-electron chi connectivity index (χ0n) is 15.6. The molecule has 2 unspecified atom stereocenters. The second-order valence-corrected chi connectivity index (χ2v) is 7.11. The Labute approximate surface area is 158 Å². The number of carboxylic acid groups (broad SMARTS) is 1. The average molecular weight is 368 g/mol. The molecule has 6 heteroatoms. The summed E-state index contributed by atoms with van der Waals surface area (Å²) >= 11 is 0. The Morgan fingerprint density at radius 1 is 1.30 bits per heavy atom. The van der Waals surface area contributed by atoms with Gasteiger partial charge < -0.3 is 14.7 Å². The number of carbonyl (C=O) groups is 2. The fraction of sp³-hybridized carbons (Fsp3) is 0.381. The number of carbonyl (C=O) groups excluding carboxylic acids is 1. The maximum atomic E-state index is 12.9. The molecule has 0 aliphatic carbocycles. The molecule has 6 nitrogen and oxygen atoms in total. The zero-order valence-corrected chi connectivity index (χ0v) is 15.6. The molecule has 3 rings (SSSR count). The lowest BCUT2D eigenvalue weighted by atomic mass is 9.92. The number of nitrogens with zero attached hydrogens (tertiary/aromatic N) is 2. The van der Waals surface area contributed by atoms with Gasteiger partial charge in [0.1, 0.15) is 18.4 Å². The van der Waals surface area contributed by atoms with E-state index in [0.717, 1.165) is 17.7 Å². The first-order valence-electron chi connectivity index (χ1n) is 9.12. The van der Waals surface area contributed by atoms with Crippen LogP contribution in [0.15, 0.2) is 42.6 Å². The predicted molar refractivity (Wildman–Crippen MR) is 101 cm³/mol. The van der Waals surface area contributed by atoms with Crippen molar-refractivity contribution in [1.29, 1.82) is 0 Å². The molecule has 0 saturated carbocycles. The molecule has 142 valence electrons. The normalized spacial score (nSPS) is 19.6. The summed E-state index contributed by atoms with van der Waals surface area (Å²) in [5.41, 5.74) is 2.25. The molecule has 1 aliphatic rings. The molecular weight excluding hydrogens is 344 g/mol. The minimum atomic E-state index is -0.943. The topological polar surface area (TPSA) is 79.7 Å². The Morgan fingerprint density at radius 2 is 2.11 bits per heavy atom. The van der Waals surface area contributed by atoms with E-state index in [1.807, 2.05) is 32.0 Å². The molecule has 1 amide bonds. The smallest absolute Gasteiger partial charge is 0.326 e. The number of carboxylic acids is 1. The summed E-state index contributed by atoms with van der Waals surface area (Å²) in [6, 6.07) is 10.1. The lowest BCUT2D eigenvalue weighted by molar-refractivity contribution is -0.144. The van der Waals surface area contributed by atoms with Crippen molar-refractivity contribution in [3.05, 3.63) is 59.4 Å². The van der Waals surface area contributed by atoms with Crippen LogP contribution in [0.25, 0.3) is 0 Å². The lowest BCUT2D eigenvalue weighted by Gasteiger charge is -2.36. The first-order chi connectivity index (χ1) is 12.9. The second kappa shape index (κ2) is 8.20. The number of aryl methyl sites for hydroxylation is 1. The number of amides is 1. The summed E-state index contributed by atoms with van der Waals surface area (Å²) in [6.07, 6.45) is 2.97. The maximum absolute atomic E-state index is 12.9. The van der Waals surface area contributed by atoms with Gasteiger partial charge >= 0.3 is 5.97 Å². The number of ether oxygens (including phenoxy) is 1. The van der Waals surface area contributed by atoms with Crippen LogP contribution in [-0.4, -0.2) is 39.5 Å². The lowest BCUT2D eigenvalue weighted by Crippen LogP contribution is -2.49. The number of piperidine rings is 1. The fourth-order valence-electron chi connectivity index (χ4n) is 3.28. The molecule has 2 aromatic rings. The van der Waals surface area contributed by atoms with Gasteiger partial charge in [-0.15, -0.1) is 0 Å². The van der Waals surface area contributed by atoms with E-state index >= 15 is 0 Å². The van der Waals surface area contributed by atoms with Crippen LogP contribution in [0.1, 0.15) is 41.4 Å². The van der Waals surface area contributed by atoms with Crippen molar-refractivity contribution in [3.8, 4) is 5.75 Å². The predicted octanol–water partition coefficient (Wildman–Crippen LogP) is 3.29. The maximum Gasteiger partial charge on any atom is 0.326 e. The Bertz CT molecular complexity index is 819. The van der Waals surface area contributed by atoms with Crippen LogP contribution < -0.4 is 4.74 Å². The summed E-state index contributed by atoms with van der Waals surface area (Å²) in [5, 5.41) is 9.49. The molecule has 0 bridgehead atoms. The van der Waals surface area contributed by atoms with E-state index in [1.54, 1.807) is 24.4 Å². The number of benzene rings is 1. The van der Waals surface area contributed by atoms with Gasteiger partial charge in [0.25, 0.3) is 5.91 Å². The van der Waals surface area contributed by atoms with Gasteiger partial charge in [-0.2, -0.15) is 0 Å². The molecule has 1 fully saturated rings. The third kappa shape index (κ3) is 4.64. The molecule has 2 atom stereocenters. The number of hydrogen-bond acceptors (Lipinski definition) is 4. The molecule has 1 aromatic carbocycles. The van der Waals surface area contributed by atoms with E-state index in [4.69, 9.17) is 4.74 Å². The van der Waals surface area contributed by atoms with E-state index in [0.29, 0.717) is 36.8 Å². The van der Waals surface area contributed by atoms with Crippen molar-refractivity contribution in [2.75, 3.05) is 6.54 Å². The Kier molecular flexibility index (Phi) is 5.74. The standard InChI is InChI=1S/C21H24N2O4/c1-14-8-9-23(19(10-14)21(25)26)20(24)17-5-3-4-16(11-17)13-27-18-7-6-15(2)22-12-18/h3-7,11-12,14,19H,8-10,13H2,1-2H3,(H,25,26). The zero-order chi connectivity index (χ0) is 19.4. The van der Waals surface area contributed by atoms with Crippen molar-refractivity contribution in [2.45, 2.75) is 39.3 Å². The van der Waals surface area contributed by atoms with Crippen molar-refractivity contribution in [3.63, 3.8) is 0 Å². The van der Waals surface area contributed by atoms with E-state index in [1.165, 1.54) is 4.90 Å². The van der Waals surface area contributed by atoms with Crippen LogP contribution in [0.4, 0.5) is 0 Å². The van der Waals surface area contributed by atoms with Crippen LogP contribution in [0.3, 0.4) is 0 Å². The minimum absolute atomic E-state index is 0.242. The average Bonchev–Trinajstić information content (AvgIpc) is 2.67. The van der Waals surface area contributed by atoms with Gasteiger partial charge in [-0.3, -0.25) is 9.78 Å². The number of aliphatic carboxylic acids is 1. The molecular formula is C21H24N2O4. The van der Waals surface area contributed by atoms with Crippen molar-refractivity contribution in [2.24, 2.45) is 5.92 Å². The van der Waals surface area contributed by atoms with E-state index in [-0.39, 0.29) is 5.91 Å². The highest BCUT2D eigenvalue weighted by molar-refractivity contribution is 5.96. The third-order valence-electron chi connectivity index (χ3n) is 4.87. The van der Waals surface area contributed by atoms with Crippen LogP contribution in [0, 0.1) is 12.8 Å². The van der Waals surface area contributed by atoms with E-state index in [9.17, 15) is 14.7 Å². The van der Waals surface area contributed by atoms with Gasteiger partial charge in [0.15, 0.2) is 0 Å². The quantitative estimate of drug-likeness (QED) is 0.876. The summed E-state index contributed by atoms with van der Waals surface area (Å²) in [5.74, 6) is -0.222. The number of rotatable bonds is 5. The van der Waals surface area contributed by atoms with Gasteiger partial charge in [-0.25, -0.2) is 4.79 Å². The molecule has 0 spiro atoms. The summed E-state index contributed by atoms with van der Waals surface area (Å²) in [7, 11) is 0. The van der Waals surface area contributed by atoms with Gasteiger partial charge in [0.05, 0.1) is 6.20 Å². The summed E-state index contributed by atoms with van der Waals surface area (Å²) < 4.78 is 5.72. The van der Waals surface area contributed by atoms with Crippen molar-refractivity contribution in [1.82, 2.24) is 9.88 Å². The molecule has 0 radical (unpaired) electrons. The van der Waals surface area contributed by atoms with Crippen molar-refractivity contribution >= 4 is 11.9 Å². The van der Waals surface area contributed by atoms with Gasteiger partial charge in [0, 0.05) is 17.8 Å². The highest BCUT2D eigenvalue weighted by Crippen LogP contribution is 2.25. The molecule has 1 saturated heterocycles. The Morgan fingerprint density at radius 3 is 2.81 bits per heavy atom. The van der Waals surface area contributed by atoms with Crippen LogP contribution >= 0.6 is 0 Å². The third-order valence-corrected chi connectivity index (χ3v) is 4.87. The number of aromatic nitrogens is 1. The molecule has 27 heavy (non-hydrogen) atoms. The van der Waals surface area contributed by atoms with E-state index in [2.05, 4.69) is 4.98 Å². The second-order valence-electron chi connectivity index (χ2n) is 7.11. The monoisotopic (exact) mass is 368 g/mol. The molecule has 1 N–H and O–H groups in total. The Balaban J connectivity index is 1.71. The Hall–Kier alpha value is -2.89. The van der Waals surface area contributed by atoms with Gasteiger partial charge in [-0.1, -0.05) is 19.1 Å². The van der Waals surface area contributed by atoms with Crippen LogP contribution in [0.5, 0.6) is 5.75 Å². The highest BCUT2D eigenvalue weighted by Gasteiger charge is 2.35. The fourth-order valence-corrected chi connectivity index (χ4v) is 3.28. The molecule has 1 aliphatic heterocycles. The highest BCUT2D eigenvalue weighted by atomic mass is 16.5. The SMILES string of the molecule is Cc1ccc(OCc2cccc(C(=O)N3CCC(C)CC3C(=O)O)c2)cn1. The van der Waals surface area contributed by atoms with Gasteiger partial charge in [0.2, 0.25) is 0 Å². The van der Waals surface area contributed by atoms with Gasteiger partial charge in [-0.05, 0) is 55.5 Å². The summed E-state index contributed by atoms with van der Waals surface area (Å²) in [6.45, 7) is 4.71.